The lowest BCUT2D eigenvalue weighted by Gasteiger charge is -2.07. The number of nitrogens with zero attached hydrogens (tertiary/aromatic N) is 3. The van der Waals surface area contributed by atoms with Gasteiger partial charge < -0.3 is 9.47 Å². The number of hydrogen-bond donors (Lipinski definition) is 2. The van der Waals surface area contributed by atoms with E-state index in [-0.39, 0.29) is 5.56 Å². The molecule has 10 heteroatoms. The molecule has 0 aliphatic carbocycles. The van der Waals surface area contributed by atoms with E-state index < -0.39 is 5.91 Å². The minimum Gasteiger partial charge on any atom is -0.497 e. The van der Waals surface area contributed by atoms with Crippen molar-refractivity contribution in [1.82, 2.24) is 20.2 Å². The van der Waals surface area contributed by atoms with E-state index >= 15 is 0 Å². The number of nitrogens with one attached hydrogen (secondary N) is 2. The zero-order valence-corrected chi connectivity index (χ0v) is 18.7. The van der Waals surface area contributed by atoms with Crippen LogP contribution >= 0.6 is 11.3 Å². The van der Waals surface area contributed by atoms with E-state index in [1.807, 2.05) is 24.3 Å². The molecule has 2 heterocycles. The number of rotatable bonds is 6. The van der Waals surface area contributed by atoms with Gasteiger partial charge in [0.2, 0.25) is 5.13 Å². The summed E-state index contributed by atoms with van der Waals surface area (Å²) in [5.74, 6) is 0.507. The topological polar surface area (TPSA) is 111 Å². The molecule has 0 fully saturated rings. The molecule has 164 valence electrons. The van der Waals surface area contributed by atoms with Crippen LogP contribution in [0.1, 0.15) is 28.5 Å². The third kappa shape index (κ3) is 4.00. The Morgan fingerprint density at radius 3 is 2.50 bits per heavy atom. The summed E-state index contributed by atoms with van der Waals surface area (Å²) in [6, 6.07) is 12.5. The summed E-state index contributed by atoms with van der Waals surface area (Å²) >= 11 is 1.41. The molecule has 2 aromatic carbocycles. The first-order valence-electron chi connectivity index (χ1n) is 9.67. The Kier molecular flexibility index (Phi) is 5.78. The van der Waals surface area contributed by atoms with Crippen molar-refractivity contribution >= 4 is 33.2 Å². The van der Waals surface area contributed by atoms with Gasteiger partial charge in [0.15, 0.2) is 0 Å². The molecular weight excluding hydrogens is 430 g/mol. The van der Waals surface area contributed by atoms with E-state index in [9.17, 15) is 9.59 Å². The van der Waals surface area contributed by atoms with Gasteiger partial charge in [-0.3, -0.25) is 14.7 Å². The van der Waals surface area contributed by atoms with Crippen molar-refractivity contribution in [2.24, 2.45) is 5.10 Å². The smallest absolute Gasteiger partial charge is 0.282 e. The zero-order chi connectivity index (χ0) is 22.8. The number of H-pyrrole nitrogens is 1. The molecule has 1 amide bonds. The first-order chi connectivity index (χ1) is 15.4. The number of thiazole rings is 1. The number of para-hydroxylation sites is 1. The van der Waals surface area contributed by atoms with E-state index in [1.54, 1.807) is 32.0 Å². The lowest BCUT2D eigenvalue weighted by molar-refractivity contribution is 0.0954. The van der Waals surface area contributed by atoms with Crippen molar-refractivity contribution in [2.45, 2.75) is 13.8 Å². The van der Waals surface area contributed by atoms with Gasteiger partial charge in [-0.1, -0.05) is 23.5 Å². The number of hydrogen-bond acceptors (Lipinski definition) is 7. The van der Waals surface area contributed by atoms with Crippen LogP contribution in [0.15, 0.2) is 52.4 Å². The quantitative estimate of drug-likeness (QED) is 0.345. The molecule has 4 rings (SSSR count). The molecule has 0 spiro atoms. The number of fused-ring (bicyclic) bond motifs is 1. The molecule has 32 heavy (non-hydrogen) atoms. The number of benzene rings is 2. The molecule has 0 aliphatic heterocycles. The van der Waals surface area contributed by atoms with Gasteiger partial charge in [0.1, 0.15) is 11.5 Å². The Morgan fingerprint density at radius 2 is 1.84 bits per heavy atom. The predicted octanol–water partition coefficient (Wildman–Crippen LogP) is 3.25. The predicted molar refractivity (Wildman–Crippen MR) is 124 cm³/mol. The second kappa shape index (κ2) is 8.67. The number of ether oxygens (including phenoxy) is 2. The van der Waals surface area contributed by atoms with Crippen molar-refractivity contribution in [3.63, 3.8) is 0 Å². The molecular formula is C22H21N5O4S. The number of amides is 1. The highest BCUT2D eigenvalue weighted by atomic mass is 32.1. The molecule has 2 aromatic heterocycles. The monoisotopic (exact) mass is 451 g/mol. The zero-order valence-electron chi connectivity index (χ0n) is 17.9. The van der Waals surface area contributed by atoms with Crippen molar-refractivity contribution in [2.75, 3.05) is 14.2 Å². The Balaban J connectivity index is 1.61. The van der Waals surface area contributed by atoms with Gasteiger partial charge >= 0.3 is 0 Å². The number of methoxy groups -OCH3 is 2. The normalized spacial score (nSPS) is 11.6. The van der Waals surface area contributed by atoms with E-state index in [0.29, 0.717) is 39.2 Å². The van der Waals surface area contributed by atoms with Crippen molar-refractivity contribution in [1.29, 1.82) is 0 Å². The van der Waals surface area contributed by atoms with Crippen LogP contribution in [0.25, 0.3) is 15.3 Å². The van der Waals surface area contributed by atoms with E-state index in [0.717, 1.165) is 10.2 Å². The van der Waals surface area contributed by atoms with Crippen LogP contribution in [0.5, 0.6) is 11.5 Å². The van der Waals surface area contributed by atoms with E-state index in [2.05, 4.69) is 20.6 Å². The Labute approximate surface area is 187 Å². The number of hydrazone groups is 1. The second-order valence-corrected chi connectivity index (χ2v) is 7.97. The van der Waals surface area contributed by atoms with E-state index in [1.165, 1.54) is 30.2 Å². The summed E-state index contributed by atoms with van der Waals surface area (Å²) < 4.78 is 12.8. The second-order valence-electron chi connectivity index (χ2n) is 6.96. The van der Waals surface area contributed by atoms with Crippen LogP contribution < -0.4 is 20.5 Å². The molecule has 0 atom stereocenters. The number of carbonyl (C=O) groups is 1. The summed E-state index contributed by atoms with van der Waals surface area (Å²) in [6.07, 6.45) is 0. The lowest BCUT2D eigenvalue weighted by atomic mass is 10.2. The maximum Gasteiger partial charge on any atom is 0.282 e. The summed E-state index contributed by atoms with van der Waals surface area (Å²) in [5.41, 5.74) is 4.68. The minimum atomic E-state index is -0.457. The fourth-order valence-corrected chi connectivity index (χ4v) is 4.18. The van der Waals surface area contributed by atoms with Gasteiger partial charge in [-0.25, -0.2) is 10.4 Å². The summed E-state index contributed by atoms with van der Waals surface area (Å²) in [7, 11) is 3.01. The molecule has 9 nitrogen and oxygen atoms in total. The Bertz CT molecular complexity index is 1340. The van der Waals surface area contributed by atoms with Gasteiger partial charge in [-0.05, 0) is 38.1 Å². The van der Waals surface area contributed by atoms with Crippen molar-refractivity contribution in [3.8, 4) is 16.6 Å². The van der Waals surface area contributed by atoms with Gasteiger partial charge in [0.05, 0.1) is 35.7 Å². The van der Waals surface area contributed by atoms with Crippen molar-refractivity contribution in [3.05, 3.63) is 69.6 Å². The highest BCUT2D eigenvalue weighted by molar-refractivity contribution is 7.20. The largest absolute Gasteiger partial charge is 0.497 e. The van der Waals surface area contributed by atoms with Gasteiger partial charge in [-0.15, -0.1) is 0 Å². The van der Waals surface area contributed by atoms with Crippen LogP contribution in [0, 0.1) is 6.92 Å². The first-order valence-corrected chi connectivity index (χ1v) is 10.5. The Hall–Kier alpha value is -3.92. The van der Waals surface area contributed by atoms with Crippen LogP contribution in [-0.2, 0) is 0 Å². The van der Waals surface area contributed by atoms with E-state index in [4.69, 9.17) is 9.47 Å². The average Bonchev–Trinajstić information content (AvgIpc) is 3.36. The van der Waals surface area contributed by atoms with Crippen molar-refractivity contribution < 1.29 is 14.3 Å². The Morgan fingerprint density at radius 1 is 1.16 bits per heavy atom. The molecule has 4 aromatic rings. The minimum absolute atomic E-state index is 0.292. The maximum absolute atomic E-state index is 13.1. The van der Waals surface area contributed by atoms with Crippen LogP contribution in [0.3, 0.4) is 0 Å². The molecule has 0 saturated carbocycles. The fraction of sp³-hybridized carbons (Fsp3) is 0.182. The van der Waals surface area contributed by atoms with Gasteiger partial charge in [0.25, 0.3) is 11.5 Å². The highest BCUT2D eigenvalue weighted by Gasteiger charge is 2.18. The third-order valence-electron chi connectivity index (χ3n) is 4.85. The van der Waals surface area contributed by atoms with Gasteiger partial charge in [-0.2, -0.15) is 9.78 Å². The first kappa shape index (κ1) is 21.3. The standard InChI is InChI=1S/C22H21N5O4S/c1-12(24-25-20(28)14-9-15(30-3)11-16(10-14)31-4)19-13(2)26-27(21(19)29)22-23-17-7-5-6-8-18(17)32-22/h5-11,26H,1-4H3,(H,25,28). The SMILES string of the molecule is COc1cc(OC)cc(C(=O)NN=C(C)c2c(C)[nH]n(-c3nc4ccccc4s3)c2=O)c1. The molecule has 0 saturated heterocycles. The molecule has 0 aliphatic rings. The van der Waals surface area contributed by atoms with Crippen LogP contribution in [-0.4, -0.2) is 40.6 Å². The third-order valence-corrected chi connectivity index (χ3v) is 5.87. The fourth-order valence-electron chi connectivity index (χ4n) is 3.26. The van der Waals surface area contributed by atoms with Crippen LogP contribution in [0.4, 0.5) is 0 Å². The number of aromatic amines is 1. The average molecular weight is 452 g/mol. The maximum atomic E-state index is 13.1. The molecule has 2 N–H and O–H groups in total. The summed E-state index contributed by atoms with van der Waals surface area (Å²) in [5, 5.41) is 7.72. The highest BCUT2D eigenvalue weighted by Crippen LogP contribution is 2.24. The summed E-state index contributed by atoms with van der Waals surface area (Å²) in [6.45, 7) is 3.43. The molecule has 0 bridgehead atoms. The molecule has 0 unspecified atom stereocenters. The number of aromatic nitrogens is 3. The number of aryl methyl sites for hydroxylation is 1. The molecule has 0 radical (unpaired) electrons. The lowest BCUT2D eigenvalue weighted by Crippen LogP contribution is -2.23. The van der Waals surface area contributed by atoms with Gasteiger partial charge in [0, 0.05) is 17.3 Å². The summed E-state index contributed by atoms with van der Waals surface area (Å²) in [4.78, 5) is 30.2. The number of carbonyl (C=O) groups excluding carboxylic acids is 1. The van der Waals surface area contributed by atoms with Crippen LogP contribution in [0.2, 0.25) is 0 Å².